The molecule has 2 heteroatoms. The zero-order valence-corrected chi connectivity index (χ0v) is 7.26. The molecule has 0 aromatic carbocycles. The first-order chi connectivity index (χ1) is 4.50. The van der Waals surface area contributed by atoms with Crippen LogP contribution >= 0.6 is 0 Å². The summed E-state index contributed by atoms with van der Waals surface area (Å²) >= 11 is 0. The number of rotatable bonds is 0. The van der Waals surface area contributed by atoms with E-state index in [1.165, 1.54) is 0 Å². The fourth-order valence-electron chi connectivity index (χ4n) is 0.236. The van der Waals surface area contributed by atoms with Crippen molar-refractivity contribution in [2.24, 2.45) is 15.6 Å². The Bertz CT molecular complexity index is 113. The second-order valence-electron chi connectivity index (χ2n) is 3.83. The van der Waals surface area contributed by atoms with Crippen molar-refractivity contribution in [3.05, 3.63) is 0 Å². The zero-order valence-electron chi connectivity index (χ0n) is 7.26. The second-order valence-corrected chi connectivity index (χ2v) is 3.83. The molecule has 0 aromatic rings. The fourth-order valence-corrected chi connectivity index (χ4v) is 0.236. The Hall–Kier alpha value is -0.660. The highest BCUT2D eigenvalue weighted by molar-refractivity contribution is 5.82. The summed E-state index contributed by atoms with van der Waals surface area (Å²) in [5, 5.41) is 7.06. The van der Waals surface area contributed by atoms with Gasteiger partial charge in [-0.3, -0.25) is 0 Å². The standard InChI is InChI=1S/C5H12.C3H4N2/c1-5(2,3)4;1-2-4-5-3-1/h1-4H3;2-3H,1H2. The molecule has 0 saturated heterocycles. The Balaban J connectivity index is 0.000000162. The van der Waals surface area contributed by atoms with Crippen LogP contribution in [-0.2, 0) is 0 Å². The number of hydrogen-bond donors (Lipinski definition) is 0. The zero-order chi connectivity index (χ0) is 8.04. The van der Waals surface area contributed by atoms with E-state index in [1.54, 1.807) is 12.4 Å². The third kappa shape index (κ3) is 15.7. The Morgan fingerprint density at radius 3 is 1.40 bits per heavy atom. The summed E-state index contributed by atoms with van der Waals surface area (Å²) in [6, 6.07) is 0. The molecule has 0 aromatic heterocycles. The first-order valence-electron chi connectivity index (χ1n) is 3.53. The van der Waals surface area contributed by atoms with Gasteiger partial charge in [0.15, 0.2) is 0 Å². The average Bonchev–Trinajstić information content (AvgIpc) is 2.07. The van der Waals surface area contributed by atoms with Crippen molar-refractivity contribution in [2.75, 3.05) is 0 Å². The lowest BCUT2D eigenvalue weighted by Crippen LogP contribution is -1.93. The molecule has 1 aliphatic heterocycles. The predicted molar refractivity (Wildman–Crippen MR) is 46.7 cm³/mol. The van der Waals surface area contributed by atoms with Crippen molar-refractivity contribution in [3.8, 4) is 0 Å². The van der Waals surface area contributed by atoms with Gasteiger partial charge in [0.05, 0.1) is 0 Å². The molecule has 0 saturated carbocycles. The lowest BCUT2D eigenvalue weighted by Gasteiger charge is -2.05. The first-order valence-corrected chi connectivity index (χ1v) is 3.53. The van der Waals surface area contributed by atoms with Gasteiger partial charge in [-0.15, -0.1) is 0 Å². The van der Waals surface area contributed by atoms with Gasteiger partial charge in [0, 0.05) is 18.9 Å². The van der Waals surface area contributed by atoms with Gasteiger partial charge in [-0.1, -0.05) is 27.7 Å². The molecule has 0 N–H and O–H groups in total. The molecule has 0 fully saturated rings. The topological polar surface area (TPSA) is 24.7 Å². The van der Waals surface area contributed by atoms with Crippen LogP contribution in [0.5, 0.6) is 0 Å². The molecular weight excluding hydrogens is 124 g/mol. The van der Waals surface area contributed by atoms with Gasteiger partial charge in [-0.05, 0) is 5.41 Å². The van der Waals surface area contributed by atoms with Gasteiger partial charge in [-0.25, -0.2) is 0 Å². The maximum Gasteiger partial charge on any atom is 0.0324 e. The summed E-state index contributed by atoms with van der Waals surface area (Å²) < 4.78 is 0. The third-order valence-corrected chi connectivity index (χ3v) is 0.441. The normalized spacial score (nSPS) is 14.8. The van der Waals surface area contributed by atoms with Crippen LogP contribution in [0.4, 0.5) is 0 Å². The monoisotopic (exact) mass is 140 g/mol. The van der Waals surface area contributed by atoms with Crippen molar-refractivity contribution in [2.45, 2.75) is 34.1 Å². The molecule has 10 heavy (non-hydrogen) atoms. The molecule has 0 radical (unpaired) electrons. The molecule has 1 aliphatic rings. The van der Waals surface area contributed by atoms with E-state index in [-0.39, 0.29) is 0 Å². The molecule has 1 heterocycles. The van der Waals surface area contributed by atoms with Crippen LogP contribution < -0.4 is 0 Å². The summed E-state index contributed by atoms with van der Waals surface area (Å²) in [4.78, 5) is 0. The SMILES string of the molecule is C1=NN=CC1.CC(C)(C)C. The Labute approximate surface area is 63.1 Å². The quantitative estimate of drug-likeness (QED) is 0.494. The van der Waals surface area contributed by atoms with Gasteiger partial charge in [0.1, 0.15) is 0 Å². The van der Waals surface area contributed by atoms with Crippen molar-refractivity contribution >= 4 is 12.4 Å². The van der Waals surface area contributed by atoms with Crippen LogP contribution in [0.1, 0.15) is 34.1 Å². The van der Waals surface area contributed by atoms with Gasteiger partial charge >= 0.3 is 0 Å². The smallest absolute Gasteiger partial charge is 0.0324 e. The van der Waals surface area contributed by atoms with E-state index >= 15 is 0 Å². The Kier molecular flexibility index (Phi) is 3.93. The maximum absolute atomic E-state index is 3.53. The minimum Gasteiger partial charge on any atom is -0.164 e. The van der Waals surface area contributed by atoms with E-state index in [1.807, 2.05) is 0 Å². The average molecular weight is 140 g/mol. The van der Waals surface area contributed by atoms with Crippen LogP contribution in [0.15, 0.2) is 10.2 Å². The number of nitrogens with zero attached hydrogens (tertiary/aromatic N) is 2. The molecule has 1 rings (SSSR count). The molecule has 0 atom stereocenters. The molecule has 0 aliphatic carbocycles. The molecule has 2 nitrogen and oxygen atoms in total. The maximum atomic E-state index is 3.53. The minimum atomic E-state index is 0.500. The van der Waals surface area contributed by atoms with Gasteiger partial charge < -0.3 is 0 Å². The van der Waals surface area contributed by atoms with E-state index in [0.717, 1.165) is 6.42 Å². The summed E-state index contributed by atoms with van der Waals surface area (Å²) in [5.74, 6) is 0. The van der Waals surface area contributed by atoms with Crippen LogP contribution in [0.25, 0.3) is 0 Å². The van der Waals surface area contributed by atoms with Crippen LogP contribution in [-0.4, -0.2) is 12.4 Å². The molecular formula is C8H16N2. The predicted octanol–water partition coefficient (Wildman–Crippen LogP) is 2.50. The molecule has 0 amide bonds. The Morgan fingerprint density at radius 2 is 1.30 bits per heavy atom. The fraction of sp³-hybridized carbons (Fsp3) is 0.750. The van der Waals surface area contributed by atoms with Gasteiger partial charge in [0.2, 0.25) is 0 Å². The first kappa shape index (κ1) is 9.34. The second kappa shape index (κ2) is 4.20. The lowest BCUT2D eigenvalue weighted by atomic mass is 10.0. The summed E-state index contributed by atoms with van der Waals surface area (Å²) in [6.45, 7) is 8.75. The van der Waals surface area contributed by atoms with Crippen LogP contribution in [0.3, 0.4) is 0 Å². The highest BCUT2D eigenvalue weighted by Gasteiger charge is 1.95. The lowest BCUT2D eigenvalue weighted by molar-refractivity contribution is 0.469. The van der Waals surface area contributed by atoms with Crippen molar-refractivity contribution in [3.63, 3.8) is 0 Å². The van der Waals surface area contributed by atoms with E-state index in [0.29, 0.717) is 5.41 Å². The van der Waals surface area contributed by atoms with E-state index in [2.05, 4.69) is 37.9 Å². The third-order valence-electron chi connectivity index (χ3n) is 0.441. The molecule has 0 unspecified atom stereocenters. The largest absolute Gasteiger partial charge is 0.164 e. The Morgan fingerprint density at radius 1 is 1.00 bits per heavy atom. The van der Waals surface area contributed by atoms with E-state index in [9.17, 15) is 0 Å². The van der Waals surface area contributed by atoms with Gasteiger partial charge in [0.25, 0.3) is 0 Å². The minimum absolute atomic E-state index is 0.500. The van der Waals surface area contributed by atoms with E-state index in [4.69, 9.17) is 0 Å². The number of hydrogen-bond acceptors (Lipinski definition) is 2. The molecule has 0 bridgehead atoms. The van der Waals surface area contributed by atoms with Crippen molar-refractivity contribution in [1.82, 2.24) is 0 Å². The summed E-state index contributed by atoms with van der Waals surface area (Å²) in [7, 11) is 0. The van der Waals surface area contributed by atoms with Crippen molar-refractivity contribution < 1.29 is 0 Å². The highest BCUT2D eigenvalue weighted by atomic mass is 15.2. The van der Waals surface area contributed by atoms with Crippen LogP contribution in [0.2, 0.25) is 0 Å². The summed E-state index contributed by atoms with van der Waals surface area (Å²) in [6.07, 6.45) is 4.44. The van der Waals surface area contributed by atoms with Crippen molar-refractivity contribution in [1.29, 1.82) is 0 Å². The van der Waals surface area contributed by atoms with Crippen LogP contribution in [0, 0.1) is 5.41 Å². The summed E-state index contributed by atoms with van der Waals surface area (Å²) in [5.41, 5.74) is 0.500. The van der Waals surface area contributed by atoms with Gasteiger partial charge in [-0.2, -0.15) is 10.2 Å². The van der Waals surface area contributed by atoms with E-state index < -0.39 is 0 Å². The highest BCUT2D eigenvalue weighted by Crippen LogP contribution is 2.07. The molecule has 58 valence electrons. The molecule has 0 spiro atoms.